The maximum absolute atomic E-state index is 13.1. The van der Waals surface area contributed by atoms with Crippen LogP contribution in [0.1, 0.15) is 46.5 Å². The number of hydrogen-bond acceptors (Lipinski definition) is 3. The lowest BCUT2D eigenvalue weighted by Gasteiger charge is -2.53. The van der Waals surface area contributed by atoms with Crippen molar-refractivity contribution in [3.8, 4) is 0 Å². The Morgan fingerprint density at radius 3 is 2.67 bits per heavy atom. The van der Waals surface area contributed by atoms with E-state index in [0.717, 1.165) is 36.3 Å². The average Bonchev–Trinajstić information content (AvgIpc) is 3.16. The molecule has 0 saturated heterocycles. The third-order valence-corrected chi connectivity index (χ3v) is 10.2. The summed E-state index contributed by atoms with van der Waals surface area (Å²) in [6.07, 6.45) is 12.5. The van der Waals surface area contributed by atoms with E-state index in [1.807, 2.05) is 36.4 Å². The Morgan fingerprint density at radius 1 is 1.18 bits per heavy atom. The third-order valence-electron chi connectivity index (χ3n) is 8.91. The van der Waals surface area contributed by atoms with E-state index in [1.165, 1.54) is 16.7 Å². The standard InChI is InChI=1S/C29H34O3S/c1-19-16-22-23-10-11-25(27(32-4)18-33(31)21-8-6-5-7-9-21)28(23,2)15-13-24(22)29(3)14-12-20(30)17-26(19)29/h5-9,12-14,17,19,22-23H,10-11,15-16,18H2,1-4H3/b27-25-/t19-,22-,23-,28-,29+,33?/m0/s1. The van der Waals surface area contributed by atoms with Crippen LogP contribution < -0.4 is 0 Å². The quantitative estimate of drug-likeness (QED) is 0.397. The Labute approximate surface area is 200 Å². The number of hydrogen-bond donors (Lipinski definition) is 0. The lowest BCUT2D eigenvalue weighted by molar-refractivity contribution is -0.110. The number of carbonyl (C=O) groups excluding carboxylic acids is 1. The van der Waals surface area contributed by atoms with Gasteiger partial charge in [-0.05, 0) is 91.2 Å². The maximum Gasteiger partial charge on any atom is 0.178 e. The van der Waals surface area contributed by atoms with Crippen molar-refractivity contribution in [2.45, 2.75) is 51.3 Å². The number of fused-ring (bicyclic) bond motifs is 5. The third kappa shape index (κ3) is 3.53. The van der Waals surface area contributed by atoms with Crippen LogP contribution in [0.5, 0.6) is 0 Å². The number of ether oxygens (including phenoxy) is 1. The van der Waals surface area contributed by atoms with Crippen molar-refractivity contribution < 1.29 is 13.7 Å². The van der Waals surface area contributed by atoms with Gasteiger partial charge in [0.05, 0.1) is 23.7 Å². The molecule has 1 aromatic carbocycles. The summed E-state index contributed by atoms with van der Waals surface area (Å²) < 4.78 is 19.0. The van der Waals surface area contributed by atoms with Crippen LogP contribution in [0.25, 0.3) is 0 Å². The van der Waals surface area contributed by atoms with Gasteiger partial charge in [0.25, 0.3) is 0 Å². The van der Waals surface area contributed by atoms with Crippen LogP contribution in [-0.4, -0.2) is 22.9 Å². The van der Waals surface area contributed by atoms with Gasteiger partial charge in [-0.15, -0.1) is 0 Å². The summed E-state index contributed by atoms with van der Waals surface area (Å²) in [5.74, 6) is 2.93. The molecule has 0 heterocycles. The van der Waals surface area contributed by atoms with Gasteiger partial charge in [0.1, 0.15) is 5.76 Å². The molecule has 2 fully saturated rings. The molecule has 0 N–H and O–H groups in total. The average molecular weight is 463 g/mol. The second-order valence-corrected chi connectivity index (χ2v) is 12.1. The topological polar surface area (TPSA) is 43.4 Å². The molecule has 0 amide bonds. The molecule has 4 heteroatoms. The molecule has 33 heavy (non-hydrogen) atoms. The normalized spacial score (nSPS) is 37.3. The highest BCUT2D eigenvalue weighted by Crippen LogP contribution is 2.65. The van der Waals surface area contributed by atoms with Gasteiger partial charge < -0.3 is 4.74 Å². The Balaban J connectivity index is 1.50. The molecule has 1 unspecified atom stereocenters. The van der Waals surface area contributed by atoms with E-state index in [-0.39, 0.29) is 16.6 Å². The molecule has 6 atom stereocenters. The number of allylic oxidation sites excluding steroid dienone is 7. The minimum absolute atomic E-state index is 0.0336. The van der Waals surface area contributed by atoms with E-state index in [2.05, 4.69) is 32.9 Å². The molecular formula is C29H34O3S. The lowest BCUT2D eigenvalue weighted by atomic mass is 9.51. The summed E-state index contributed by atoms with van der Waals surface area (Å²) in [6.45, 7) is 6.99. The second kappa shape index (κ2) is 8.23. The summed E-state index contributed by atoms with van der Waals surface area (Å²) in [5, 5.41) is 0. The van der Waals surface area contributed by atoms with Gasteiger partial charge in [0.2, 0.25) is 0 Å². The molecule has 0 radical (unpaired) electrons. The van der Waals surface area contributed by atoms with Crippen molar-refractivity contribution in [3.05, 3.63) is 77.1 Å². The molecule has 3 nitrogen and oxygen atoms in total. The van der Waals surface area contributed by atoms with Gasteiger partial charge in [-0.3, -0.25) is 9.00 Å². The fourth-order valence-corrected chi connectivity index (χ4v) is 8.41. The van der Waals surface area contributed by atoms with Crippen LogP contribution in [-0.2, 0) is 20.3 Å². The van der Waals surface area contributed by atoms with Crippen LogP contribution >= 0.6 is 0 Å². The van der Waals surface area contributed by atoms with E-state index in [0.29, 0.717) is 23.5 Å². The predicted octanol–water partition coefficient (Wildman–Crippen LogP) is 6.17. The first-order valence-corrected chi connectivity index (χ1v) is 13.5. The van der Waals surface area contributed by atoms with Crippen molar-refractivity contribution in [1.29, 1.82) is 0 Å². The zero-order valence-corrected chi connectivity index (χ0v) is 20.9. The van der Waals surface area contributed by atoms with Crippen LogP contribution in [0, 0.1) is 28.6 Å². The van der Waals surface area contributed by atoms with Crippen molar-refractivity contribution in [2.75, 3.05) is 12.9 Å². The smallest absolute Gasteiger partial charge is 0.178 e. The van der Waals surface area contributed by atoms with Gasteiger partial charge in [0, 0.05) is 10.3 Å². The molecule has 0 bridgehead atoms. The summed E-state index contributed by atoms with van der Waals surface area (Å²) in [6, 6.07) is 9.69. The van der Waals surface area contributed by atoms with E-state index >= 15 is 0 Å². The number of methoxy groups -OCH3 is 1. The van der Waals surface area contributed by atoms with Crippen molar-refractivity contribution in [3.63, 3.8) is 0 Å². The molecule has 5 rings (SSSR count). The summed E-state index contributed by atoms with van der Waals surface area (Å²) in [7, 11) is 0.616. The Morgan fingerprint density at radius 2 is 1.94 bits per heavy atom. The Hall–Kier alpha value is -2.20. The van der Waals surface area contributed by atoms with E-state index < -0.39 is 10.8 Å². The first kappa shape index (κ1) is 22.6. The molecule has 0 spiro atoms. The first-order chi connectivity index (χ1) is 15.8. The molecule has 4 aliphatic carbocycles. The fourth-order valence-electron chi connectivity index (χ4n) is 7.25. The van der Waals surface area contributed by atoms with Crippen molar-refractivity contribution in [1.82, 2.24) is 0 Å². The van der Waals surface area contributed by atoms with Crippen molar-refractivity contribution >= 4 is 16.6 Å². The largest absolute Gasteiger partial charge is 0.500 e. The molecule has 1 aromatic rings. The highest BCUT2D eigenvalue weighted by molar-refractivity contribution is 7.85. The van der Waals surface area contributed by atoms with E-state index in [4.69, 9.17) is 4.74 Å². The minimum atomic E-state index is -1.12. The Kier molecular flexibility index (Phi) is 5.63. The second-order valence-electron chi connectivity index (χ2n) is 10.6. The molecule has 4 aliphatic rings. The first-order valence-electron chi connectivity index (χ1n) is 12.1. The molecule has 0 aromatic heterocycles. The van der Waals surface area contributed by atoms with Gasteiger partial charge >= 0.3 is 0 Å². The fraction of sp³-hybridized carbons (Fsp3) is 0.483. The number of ketones is 1. The molecule has 0 aliphatic heterocycles. The number of benzene rings is 1. The van der Waals surface area contributed by atoms with Gasteiger partial charge in [0.15, 0.2) is 5.78 Å². The van der Waals surface area contributed by atoms with Crippen LogP contribution in [0.2, 0.25) is 0 Å². The monoisotopic (exact) mass is 462 g/mol. The van der Waals surface area contributed by atoms with Gasteiger partial charge in [-0.2, -0.15) is 0 Å². The van der Waals surface area contributed by atoms with Crippen LogP contribution in [0.15, 0.2) is 82.0 Å². The van der Waals surface area contributed by atoms with Gasteiger partial charge in [-0.25, -0.2) is 0 Å². The molecule has 2 saturated carbocycles. The van der Waals surface area contributed by atoms with Gasteiger partial charge in [-0.1, -0.05) is 49.8 Å². The number of carbonyl (C=O) groups is 1. The van der Waals surface area contributed by atoms with Crippen LogP contribution in [0.3, 0.4) is 0 Å². The lowest BCUT2D eigenvalue weighted by Crippen LogP contribution is -2.44. The Bertz CT molecular complexity index is 1120. The summed E-state index contributed by atoms with van der Waals surface area (Å²) >= 11 is 0. The summed E-state index contributed by atoms with van der Waals surface area (Å²) in [4.78, 5) is 13.0. The maximum atomic E-state index is 13.1. The zero-order valence-electron chi connectivity index (χ0n) is 20.1. The highest BCUT2D eigenvalue weighted by Gasteiger charge is 2.55. The molecular weight excluding hydrogens is 428 g/mol. The highest BCUT2D eigenvalue weighted by atomic mass is 32.2. The van der Waals surface area contributed by atoms with Crippen molar-refractivity contribution in [2.24, 2.45) is 28.6 Å². The van der Waals surface area contributed by atoms with E-state index in [9.17, 15) is 9.00 Å². The SMILES string of the molecule is CO/C(CS(=O)c1ccccc1)=C1/CC[C@H]2[C@@H]3C[C@H](C)C4=CC(=O)C=C[C@]4(C)C3=CC[C@]12C. The summed E-state index contributed by atoms with van der Waals surface area (Å²) in [5.41, 5.74) is 4.05. The zero-order chi connectivity index (χ0) is 23.4. The van der Waals surface area contributed by atoms with E-state index in [1.54, 1.807) is 13.2 Å². The molecule has 174 valence electrons. The van der Waals surface area contributed by atoms with Crippen LogP contribution in [0.4, 0.5) is 0 Å². The minimum Gasteiger partial charge on any atom is -0.500 e. The number of rotatable bonds is 4. The predicted molar refractivity (Wildman–Crippen MR) is 133 cm³/mol.